The van der Waals surface area contributed by atoms with Crippen LogP contribution in [0.5, 0.6) is 0 Å². The fraction of sp³-hybridized carbons (Fsp3) is 0.650. The van der Waals surface area contributed by atoms with E-state index in [0.717, 1.165) is 64.2 Å². The van der Waals surface area contributed by atoms with Crippen molar-refractivity contribution >= 4 is 5.91 Å². The van der Waals surface area contributed by atoms with Gasteiger partial charge in [-0.15, -0.1) is 0 Å². The molecule has 138 valence electrons. The van der Waals surface area contributed by atoms with Crippen LogP contribution in [-0.2, 0) is 16.1 Å². The van der Waals surface area contributed by atoms with Crippen LogP contribution in [0, 0.1) is 17.7 Å². The average molecular weight is 348 g/mol. The van der Waals surface area contributed by atoms with Crippen molar-refractivity contribution in [1.82, 2.24) is 9.80 Å². The van der Waals surface area contributed by atoms with Gasteiger partial charge in [-0.05, 0) is 50.4 Å². The molecule has 25 heavy (non-hydrogen) atoms. The Morgan fingerprint density at radius 3 is 3.00 bits per heavy atom. The Balaban J connectivity index is 1.56. The van der Waals surface area contributed by atoms with Crippen molar-refractivity contribution in [2.24, 2.45) is 11.8 Å². The molecule has 1 aromatic carbocycles. The van der Waals surface area contributed by atoms with E-state index in [2.05, 4.69) is 11.8 Å². The first-order valence-corrected chi connectivity index (χ1v) is 9.49. The molecule has 4 nitrogen and oxygen atoms in total. The number of carbonyl (C=O) groups is 1. The molecule has 1 amide bonds. The van der Waals surface area contributed by atoms with Gasteiger partial charge in [-0.3, -0.25) is 9.69 Å². The third kappa shape index (κ3) is 5.02. The lowest BCUT2D eigenvalue weighted by Gasteiger charge is -2.35. The van der Waals surface area contributed by atoms with E-state index in [1.54, 1.807) is 12.1 Å². The van der Waals surface area contributed by atoms with Gasteiger partial charge in [0.1, 0.15) is 5.82 Å². The molecule has 0 aromatic heterocycles. The van der Waals surface area contributed by atoms with Crippen molar-refractivity contribution in [2.45, 2.75) is 32.7 Å². The average Bonchev–Trinajstić information content (AvgIpc) is 3.12. The van der Waals surface area contributed by atoms with Crippen LogP contribution in [-0.4, -0.2) is 55.1 Å². The Hall–Kier alpha value is -1.46. The van der Waals surface area contributed by atoms with Gasteiger partial charge in [0.15, 0.2) is 0 Å². The Kier molecular flexibility index (Phi) is 6.43. The van der Waals surface area contributed by atoms with Crippen LogP contribution in [0.25, 0.3) is 0 Å². The summed E-state index contributed by atoms with van der Waals surface area (Å²) in [7, 11) is 0. The van der Waals surface area contributed by atoms with E-state index in [9.17, 15) is 9.18 Å². The third-order valence-electron chi connectivity index (χ3n) is 5.35. The van der Waals surface area contributed by atoms with Crippen LogP contribution < -0.4 is 0 Å². The minimum Gasteiger partial charge on any atom is -0.381 e. The molecule has 3 rings (SSSR count). The van der Waals surface area contributed by atoms with E-state index < -0.39 is 0 Å². The van der Waals surface area contributed by atoms with Gasteiger partial charge in [-0.25, -0.2) is 4.39 Å². The van der Waals surface area contributed by atoms with Crippen molar-refractivity contribution in [3.05, 3.63) is 35.6 Å². The molecule has 5 heteroatoms. The molecule has 0 spiro atoms. The first-order valence-electron chi connectivity index (χ1n) is 9.49. The maximum atomic E-state index is 13.4. The van der Waals surface area contributed by atoms with E-state index in [4.69, 9.17) is 4.74 Å². The second-order valence-corrected chi connectivity index (χ2v) is 7.31. The molecule has 2 fully saturated rings. The highest BCUT2D eigenvalue weighted by molar-refractivity contribution is 5.79. The number of benzene rings is 1. The van der Waals surface area contributed by atoms with Crippen LogP contribution in [0.15, 0.2) is 24.3 Å². The summed E-state index contributed by atoms with van der Waals surface area (Å²) in [5, 5.41) is 0. The summed E-state index contributed by atoms with van der Waals surface area (Å²) in [6, 6.07) is 6.76. The quantitative estimate of drug-likeness (QED) is 0.792. The highest BCUT2D eigenvalue weighted by Gasteiger charge is 2.30. The van der Waals surface area contributed by atoms with E-state index >= 15 is 0 Å². The van der Waals surface area contributed by atoms with Crippen LogP contribution in [0.4, 0.5) is 4.39 Å². The zero-order valence-corrected chi connectivity index (χ0v) is 15.1. The van der Waals surface area contributed by atoms with Gasteiger partial charge in [0, 0.05) is 38.7 Å². The highest BCUT2D eigenvalue weighted by atomic mass is 19.1. The van der Waals surface area contributed by atoms with E-state index in [0.29, 0.717) is 12.5 Å². The summed E-state index contributed by atoms with van der Waals surface area (Å²) in [6.45, 7) is 7.69. The molecule has 1 aromatic rings. The summed E-state index contributed by atoms with van der Waals surface area (Å²) in [6.07, 6.45) is 3.03. The summed E-state index contributed by atoms with van der Waals surface area (Å²) < 4.78 is 18.8. The van der Waals surface area contributed by atoms with Crippen LogP contribution in [0.3, 0.4) is 0 Å². The van der Waals surface area contributed by atoms with Crippen molar-refractivity contribution in [3.63, 3.8) is 0 Å². The van der Waals surface area contributed by atoms with Crippen LogP contribution in [0.1, 0.15) is 31.7 Å². The predicted octanol–water partition coefficient (Wildman–Crippen LogP) is 2.92. The smallest absolute Gasteiger partial charge is 0.226 e. The topological polar surface area (TPSA) is 32.8 Å². The number of carbonyl (C=O) groups excluding carboxylic acids is 1. The molecule has 0 saturated carbocycles. The van der Waals surface area contributed by atoms with Gasteiger partial charge < -0.3 is 9.64 Å². The SMILES string of the molecule is CCN(CC1CCOC1)C(=O)C1CCCN(Cc2cccc(F)c2)C1. The number of hydrogen-bond donors (Lipinski definition) is 0. The normalized spacial score (nSPS) is 24.4. The monoisotopic (exact) mass is 348 g/mol. The number of amides is 1. The van der Waals surface area contributed by atoms with E-state index in [1.807, 2.05) is 11.0 Å². The third-order valence-corrected chi connectivity index (χ3v) is 5.35. The van der Waals surface area contributed by atoms with Crippen molar-refractivity contribution in [2.75, 3.05) is 39.4 Å². The zero-order chi connectivity index (χ0) is 17.6. The summed E-state index contributed by atoms with van der Waals surface area (Å²) in [5.41, 5.74) is 0.976. The first-order chi connectivity index (χ1) is 12.2. The van der Waals surface area contributed by atoms with Crippen molar-refractivity contribution < 1.29 is 13.9 Å². The second kappa shape index (κ2) is 8.77. The maximum Gasteiger partial charge on any atom is 0.226 e. The lowest BCUT2D eigenvalue weighted by molar-refractivity contribution is -0.137. The lowest BCUT2D eigenvalue weighted by atomic mass is 9.95. The number of likely N-dealkylation sites (tertiary alicyclic amines) is 1. The lowest BCUT2D eigenvalue weighted by Crippen LogP contribution is -2.46. The fourth-order valence-corrected chi connectivity index (χ4v) is 3.97. The Morgan fingerprint density at radius 1 is 1.40 bits per heavy atom. The molecule has 2 heterocycles. The van der Waals surface area contributed by atoms with Gasteiger partial charge in [-0.1, -0.05) is 12.1 Å². The minimum absolute atomic E-state index is 0.0598. The largest absolute Gasteiger partial charge is 0.381 e. The zero-order valence-electron chi connectivity index (χ0n) is 15.1. The molecular formula is C20H29FN2O2. The van der Waals surface area contributed by atoms with Gasteiger partial charge in [0.25, 0.3) is 0 Å². The van der Waals surface area contributed by atoms with E-state index in [-0.39, 0.29) is 17.6 Å². The Labute approximate surface area is 149 Å². The molecule has 2 unspecified atom stereocenters. The molecule has 2 aliphatic heterocycles. The number of ether oxygens (including phenoxy) is 1. The molecular weight excluding hydrogens is 319 g/mol. The second-order valence-electron chi connectivity index (χ2n) is 7.31. The predicted molar refractivity (Wildman–Crippen MR) is 95.6 cm³/mol. The standard InChI is InChI=1S/C20H29FN2O2/c1-2-23(13-17-8-10-25-15-17)20(24)18-6-4-9-22(14-18)12-16-5-3-7-19(21)11-16/h3,5,7,11,17-18H,2,4,6,8-10,12-15H2,1H3. The summed E-state index contributed by atoms with van der Waals surface area (Å²) >= 11 is 0. The number of hydrogen-bond acceptors (Lipinski definition) is 3. The van der Waals surface area contributed by atoms with Crippen LogP contribution in [0.2, 0.25) is 0 Å². The Bertz CT molecular complexity index is 575. The van der Waals surface area contributed by atoms with Gasteiger partial charge in [0.2, 0.25) is 5.91 Å². The van der Waals surface area contributed by atoms with E-state index in [1.165, 1.54) is 6.07 Å². The molecule has 0 radical (unpaired) electrons. The summed E-state index contributed by atoms with van der Waals surface area (Å²) in [5.74, 6) is 0.622. The van der Waals surface area contributed by atoms with Crippen molar-refractivity contribution in [1.29, 1.82) is 0 Å². The number of nitrogens with zero attached hydrogens (tertiary/aromatic N) is 2. The fourth-order valence-electron chi connectivity index (χ4n) is 3.97. The van der Waals surface area contributed by atoms with Gasteiger partial charge in [0.05, 0.1) is 12.5 Å². The molecule has 2 aliphatic rings. The summed E-state index contributed by atoms with van der Waals surface area (Å²) in [4.78, 5) is 17.3. The molecule has 2 atom stereocenters. The molecule has 2 saturated heterocycles. The number of halogens is 1. The minimum atomic E-state index is -0.196. The molecule has 0 aliphatic carbocycles. The Morgan fingerprint density at radius 2 is 2.28 bits per heavy atom. The number of piperidine rings is 1. The van der Waals surface area contributed by atoms with Gasteiger partial charge >= 0.3 is 0 Å². The highest BCUT2D eigenvalue weighted by Crippen LogP contribution is 2.22. The molecule has 0 bridgehead atoms. The van der Waals surface area contributed by atoms with Crippen LogP contribution >= 0.6 is 0 Å². The van der Waals surface area contributed by atoms with Crippen molar-refractivity contribution in [3.8, 4) is 0 Å². The first kappa shape index (κ1) is 18.3. The maximum absolute atomic E-state index is 13.4. The molecule has 0 N–H and O–H groups in total. The van der Waals surface area contributed by atoms with Gasteiger partial charge in [-0.2, -0.15) is 0 Å². The number of rotatable bonds is 6.